The molecule has 4 rings (SSSR count). The first-order chi connectivity index (χ1) is 15.4. The molecule has 1 aromatic carbocycles. The molecule has 0 atom stereocenters. The number of carbonyl (C=O) groups excluding carboxylic acids is 1. The molecule has 3 heterocycles. The number of hydrogen-bond acceptors (Lipinski definition) is 7. The van der Waals surface area contributed by atoms with Crippen molar-refractivity contribution < 1.29 is 9.53 Å². The van der Waals surface area contributed by atoms with Gasteiger partial charge in [-0.2, -0.15) is 9.78 Å². The number of nitrogens with zero attached hydrogens (tertiary/aromatic N) is 4. The molecular formula is C23H27N5O2S2. The molecule has 32 heavy (non-hydrogen) atoms. The summed E-state index contributed by atoms with van der Waals surface area (Å²) in [5, 5.41) is 7.49. The summed E-state index contributed by atoms with van der Waals surface area (Å²) < 4.78 is 7.75. The molecule has 1 fully saturated rings. The Morgan fingerprint density at radius 1 is 1.16 bits per heavy atom. The topological polar surface area (TPSA) is 81.9 Å². The van der Waals surface area contributed by atoms with Crippen LogP contribution in [0.2, 0.25) is 0 Å². The Kier molecular flexibility index (Phi) is 7.05. The van der Waals surface area contributed by atoms with E-state index in [1.165, 1.54) is 23.5 Å². The van der Waals surface area contributed by atoms with Gasteiger partial charge in [0.2, 0.25) is 0 Å². The van der Waals surface area contributed by atoms with Crippen molar-refractivity contribution >= 4 is 35.2 Å². The number of carbonyl (C=O) groups is 1. The van der Waals surface area contributed by atoms with Crippen LogP contribution in [0.3, 0.4) is 0 Å². The molecule has 0 unspecified atom stereocenters. The molecule has 0 saturated carbocycles. The number of aromatic nitrogens is 4. The Hall–Kier alpha value is -2.52. The lowest BCUT2D eigenvalue weighted by molar-refractivity contribution is -0.118. The standard InChI is InChI=1S/C23H27N5O2S2/c1-23(2,3)18-14-19(28(27-18)22-24-10-4-11-25-22)26-20(29)15-30-17-8-6-16(7-9-17)21-31-12-5-13-32-21/h4,6-11,14,21H,5,12-13,15H2,1-3H3,(H,26,29). The van der Waals surface area contributed by atoms with Gasteiger partial charge in [-0.15, -0.1) is 23.5 Å². The van der Waals surface area contributed by atoms with Crippen LogP contribution < -0.4 is 10.1 Å². The maximum absolute atomic E-state index is 12.6. The van der Waals surface area contributed by atoms with Crippen molar-refractivity contribution in [3.05, 3.63) is 60.0 Å². The molecule has 2 aromatic heterocycles. The van der Waals surface area contributed by atoms with Crippen LogP contribution in [0, 0.1) is 0 Å². The zero-order valence-electron chi connectivity index (χ0n) is 18.4. The van der Waals surface area contributed by atoms with Gasteiger partial charge in [0.1, 0.15) is 11.6 Å². The monoisotopic (exact) mass is 469 g/mol. The summed E-state index contributed by atoms with van der Waals surface area (Å²) in [6.07, 6.45) is 4.56. The summed E-state index contributed by atoms with van der Waals surface area (Å²) in [7, 11) is 0. The number of benzene rings is 1. The first-order valence-electron chi connectivity index (χ1n) is 10.5. The van der Waals surface area contributed by atoms with Crippen LogP contribution in [0.15, 0.2) is 48.8 Å². The first kappa shape index (κ1) is 22.7. The summed E-state index contributed by atoms with van der Waals surface area (Å²) in [5.41, 5.74) is 1.93. The van der Waals surface area contributed by atoms with Crippen LogP contribution >= 0.6 is 23.5 Å². The third kappa shape index (κ3) is 5.63. The summed E-state index contributed by atoms with van der Waals surface area (Å²) in [6, 6.07) is 11.6. The Labute approximate surface area is 196 Å². The molecule has 1 aliphatic rings. The largest absolute Gasteiger partial charge is 0.484 e. The normalized spacial score (nSPS) is 14.8. The minimum Gasteiger partial charge on any atom is -0.484 e. The van der Waals surface area contributed by atoms with Gasteiger partial charge in [-0.1, -0.05) is 32.9 Å². The molecule has 1 amide bonds. The van der Waals surface area contributed by atoms with Crippen LogP contribution in [0.25, 0.3) is 5.95 Å². The van der Waals surface area contributed by atoms with E-state index >= 15 is 0 Å². The Morgan fingerprint density at radius 3 is 2.50 bits per heavy atom. The van der Waals surface area contributed by atoms with Gasteiger partial charge in [0.15, 0.2) is 6.61 Å². The lowest BCUT2D eigenvalue weighted by Gasteiger charge is -2.21. The minimum absolute atomic E-state index is 0.0993. The van der Waals surface area contributed by atoms with E-state index in [-0.39, 0.29) is 17.9 Å². The number of hydrogen-bond donors (Lipinski definition) is 1. The van der Waals surface area contributed by atoms with Crippen LogP contribution in [0.5, 0.6) is 5.75 Å². The van der Waals surface area contributed by atoms with Gasteiger partial charge >= 0.3 is 0 Å². The second-order valence-corrected chi connectivity index (χ2v) is 11.2. The molecular weight excluding hydrogens is 442 g/mol. The third-order valence-electron chi connectivity index (χ3n) is 4.84. The van der Waals surface area contributed by atoms with Gasteiger partial charge < -0.3 is 10.1 Å². The molecule has 0 radical (unpaired) electrons. The van der Waals surface area contributed by atoms with Crippen LogP contribution in [-0.2, 0) is 10.2 Å². The quantitative estimate of drug-likeness (QED) is 0.553. The average molecular weight is 470 g/mol. The summed E-state index contributed by atoms with van der Waals surface area (Å²) in [5.74, 6) is 3.72. The second-order valence-electron chi connectivity index (χ2n) is 8.46. The molecule has 0 bridgehead atoms. The zero-order valence-corrected chi connectivity index (χ0v) is 20.1. The summed E-state index contributed by atoms with van der Waals surface area (Å²) in [6.45, 7) is 6.09. The van der Waals surface area contributed by atoms with Crippen LogP contribution in [-0.4, -0.2) is 43.8 Å². The fraction of sp³-hybridized carbons (Fsp3) is 0.391. The molecule has 0 aliphatic carbocycles. The third-order valence-corrected chi connectivity index (χ3v) is 7.85. The summed E-state index contributed by atoms with van der Waals surface area (Å²) >= 11 is 3.97. The molecule has 1 N–H and O–H groups in total. The fourth-order valence-electron chi connectivity index (χ4n) is 3.12. The Balaban J connectivity index is 1.41. The van der Waals surface area contributed by atoms with Crippen LogP contribution in [0.1, 0.15) is 43.0 Å². The predicted molar refractivity (Wildman–Crippen MR) is 131 cm³/mol. The maximum atomic E-state index is 12.6. The summed E-state index contributed by atoms with van der Waals surface area (Å²) in [4.78, 5) is 21.1. The highest BCUT2D eigenvalue weighted by Crippen LogP contribution is 2.43. The number of amides is 1. The smallest absolute Gasteiger partial charge is 0.263 e. The van der Waals surface area contributed by atoms with Crippen molar-refractivity contribution in [1.82, 2.24) is 19.7 Å². The SMILES string of the molecule is CC(C)(C)c1cc(NC(=O)COc2ccc(C3SCCCS3)cc2)n(-c2ncccn2)n1. The van der Waals surface area contributed by atoms with Crippen LogP contribution in [0.4, 0.5) is 5.82 Å². The van der Waals surface area contributed by atoms with E-state index in [2.05, 4.69) is 53.3 Å². The predicted octanol–water partition coefficient (Wildman–Crippen LogP) is 4.85. The number of ether oxygens (including phenoxy) is 1. The highest BCUT2D eigenvalue weighted by molar-refractivity contribution is 8.16. The van der Waals surface area contributed by atoms with Crippen molar-refractivity contribution in [2.24, 2.45) is 0 Å². The molecule has 3 aromatic rings. The van der Waals surface area contributed by atoms with Gasteiger partial charge in [0.05, 0.1) is 10.3 Å². The molecule has 7 nitrogen and oxygen atoms in total. The molecule has 1 aliphatic heterocycles. The molecule has 1 saturated heterocycles. The van der Waals surface area contributed by atoms with Gasteiger partial charge in [-0.3, -0.25) is 4.79 Å². The van der Waals surface area contributed by atoms with Crippen molar-refractivity contribution in [1.29, 1.82) is 0 Å². The van der Waals surface area contributed by atoms with E-state index in [1.54, 1.807) is 23.1 Å². The second kappa shape index (κ2) is 9.95. The zero-order chi connectivity index (χ0) is 22.6. The van der Waals surface area contributed by atoms with E-state index < -0.39 is 0 Å². The van der Waals surface area contributed by atoms with E-state index in [4.69, 9.17) is 4.74 Å². The van der Waals surface area contributed by atoms with Crippen molar-refractivity contribution in [2.45, 2.75) is 37.2 Å². The fourth-order valence-corrected chi connectivity index (χ4v) is 6.01. The lowest BCUT2D eigenvalue weighted by atomic mass is 9.92. The van der Waals surface area contributed by atoms with Gasteiger partial charge in [0.25, 0.3) is 11.9 Å². The highest BCUT2D eigenvalue weighted by atomic mass is 32.2. The average Bonchev–Trinajstić information content (AvgIpc) is 3.23. The maximum Gasteiger partial charge on any atom is 0.263 e. The Morgan fingerprint density at radius 2 is 1.84 bits per heavy atom. The van der Waals surface area contributed by atoms with E-state index in [0.29, 0.717) is 22.1 Å². The Bertz CT molecular complexity index is 1040. The van der Waals surface area contributed by atoms with Gasteiger partial charge in [-0.25, -0.2) is 9.97 Å². The lowest BCUT2D eigenvalue weighted by Crippen LogP contribution is -2.22. The molecule has 168 valence electrons. The highest BCUT2D eigenvalue weighted by Gasteiger charge is 2.22. The van der Waals surface area contributed by atoms with E-state index in [0.717, 1.165) is 5.69 Å². The van der Waals surface area contributed by atoms with Crippen molar-refractivity contribution in [3.63, 3.8) is 0 Å². The van der Waals surface area contributed by atoms with Gasteiger partial charge in [-0.05, 0) is 41.7 Å². The van der Waals surface area contributed by atoms with Gasteiger partial charge in [0, 0.05) is 23.9 Å². The number of thioether (sulfide) groups is 2. The van der Waals surface area contributed by atoms with E-state index in [9.17, 15) is 4.79 Å². The molecule has 0 spiro atoms. The van der Waals surface area contributed by atoms with E-state index in [1.807, 2.05) is 41.7 Å². The van der Waals surface area contributed by atoms with Crippen molar-refractivity contribution in [3.8, 4) is 11.7 Å². The van der Waals surface area contributed by atoms with Crippen molar-refractivity contribution in [2.75, 3.05) is 23.4 Å². The number of rotatable bonds is 6. The number of nitrogens with one attached hydrogen (secondary N) is 1. The molecule has 9 heteroatoms. The number of anilines is 1. The minimum atomic E-state index is -0.273. The first-order valence-corrected chi connectivity index (χ1v) is 12.6.